The maximum atomic E-state index is 6.62. The van der Waals surface area contributed by atoms with Gasteiger partial charge < -0.3 is 13.8 Å². The molecule has 0 amide bonds. The average molecular weight is 853 g/mol. The van der Waals surface area contributed by atoms with Crippen LogP contribution in [0.1, 0.15) is 103 Å². The van der Waals surface area contributed by atoms with E-state index in [2.05, 4.69) is 218 Å². The molecule has 4 heterocycles. The number of hydrogen-bond acceptors (Lipinski definition) is 2. The van der Waals surface area contributed by atoms with Crippen LogP contribution in [0.15, 0.2) is 144 Å². The summed E-state index contributed by atoms with van der Waals surface area (Å²) in [7, 11) is 0. The van der Waals surface area contributed by atoms with E-state index < -0.39 is 0 Å². The topological polar surface area (TPSA) is 21.3 Å². The maximum Gasteiger partial charge on any atom is 0.333 e. The van der Waals surface area contributed by atoms with Crippen molar-refractivity contribution in [3.8, 4) is 39.1 Å². The highest BCUT2D eigenvalue weighted by molar-refractivity contribution is 6.93. The molecule has 0 radical (unpaired) electrons. The lowest BCUT2D eigenvalue weighted by Crippen LogP contribution is -2.60. The van der Waals surface area contributed by atoms with Crippen molar-refractivity contribution in [3.05, 3.63) is 173 Å². The van der Waals surface area contributed by atoms with Gasteiger partial charge in [0, 0.05) is 55.0 Å². The largest absolute Gasteiger partial charge is 0.456 e. The molecule has 0 atom stereocenters. The van der Waals surface area contributed by atoms with Crippen LogP contribution in [-0.2, 0) is 21.7 Å². The van der Waals surface area contributed by atoms with Gasteiger partial charge in [-0.05, 0) is 131 Å². The molecule has 0 unspecified atom stereocenters. The summed E-state index contributed by atoms with van der Waals surface area (Å²) in [5, 5.41) is 4.79. The summed E-state index contributed by atoms with van der Waals surface area (Å²) in [6, 6.07) is 54.3. The minimum absolute atomic E-state index is 0.0314. The average Bonchev–Trinajstić information content (AvgIpc) is 3.96. The van der Waals surface area contributed by atoms with Crippen molar-refractivity contribution in [3.63, 3.8) is 0 Å². The summed E-state index contributed by atoms with van der Waals surface area (Å²) in [5.41, 5.74) is 26.9. The first kappa shape index (κ1) is 38.5. The normalized spacial score (nSPS) is 15.9. The third kappa shape index (κ3) is 4.75. The van der Waals surface area contributed by atoms with E-state index in [1.807, 2.05) is 0 Å². The lowest BCUT2D eigenvalue weighted by molar-refractivity contribution is 0.584. The van der Waals surface area contributed by atoms with E-state index in [1.165, 1.54) is 117 Å². The summed E-state index contributed by atoms with van der Waals surface area (Å²) in [5.74, 6) is 0. The zero-order chi connectivity index (χ0) is 45.1. The van der Waals surface area contributed by atoms with Gasteiger partial charge >= 0.3 is 6.85 Å². The Hall–Kier alpha value is -6.78. The van der Waals surface area contributed by atoms with E-state index >= 15 is 0 Å². The number of hydrogen-bond donors (Lipinski definition) is 0. The Morgan fingerprint density at radius 1 is 0.455 bits per heavy atom. The summed E-state index contributed by atoms with van der Waals surface area (Å²) in [6.07, 6.45) is 0. The Morgan fingerprint density at radius 2 is 1.11 bits per heavy atom. The van der Waals surface area contributed by atoms with Gasteiger partial charge in [0.1, 0.15) is 11.2 Å². The van der Waals surface area contributed by atoms with Gasteiger partial charge in [0.05, 0.1) is 11.0 Å². The van der Waals surface area contributed by atoms with Crippen LogP contribution in [0.3, 0.4) is 0 Å². The monoisotopic (exact) mass is 852 g/mol. The summed E-state index contributed by atoms with van der Waals surface area (Å²) < 4.78 is 9.25. The second-order valence-corrected chi connectivity index (χ2v) is 23.0. The molecule has 0 N–H and O–H groups in total. The van der Waals surface area contributed by atoms with Crippen LogP contribution in [0.5, 0.6) is 0 Å². The van der Waals surface area contributed by atoms with Crippen molar-refractivity contribution < 1.29 is 4.42 Å². The highest BCUT2D eigenvalue weighted by atomic mass is 16.3. The standard InChI is InChI=1S/C62H53BN2O/c1-59(2,3)34-19-22-36(23-20-34)65-53-33-50-42(38-24-21-35(60(4,5)6)27-48(38)62(50,9)10)28-44(53)40-25-26-41-45-31-56-46(39-16-12-14-18-55(39)66-56)30-52(45)64-54-29-43-37-15-11-13-17-47(37)61(7,8)49(43)32-51(54)63(65)57(40)58(41)64/h11-33H,1-10H3. The van der Waals surface area contributed by atoms with Crippen molar-refractivity contribution in [1.82, 2.24) is 4.57 Å². The molecule has 2 aromatic heterocycles. The van der Waals surface area contributed by atoms with Gasteiger partial charge in [-0.1, -0.05) is 160 Å². The number of para-hydroxylation sites is 1. The first-order chi connectivity index (χ1) is 31.5. The highest BCUT2D eigenvalue weighted by Gasteiger charge is 2.48. The van der Waals surface area contributed by atoms with Crippen molar-refractivity contribution >= 4 is 72.9 Å². The molecule has 8 aromatic carbocycles. The zero-order valence-electron chi connectivity index (χ0n) is 39.7. The lowest BCUT2D eigenvalue weighted by Gasteiger charge is -2.43. The highest BCUT2D eigenvalue weighted by Crippen LogP contribution is 2.56. The smallest absolute Gasteiger partial charge is 0.333 e. The molecule has 320 valence electrons. The van der Waals surface area contributed by atoms with E-state index in [-0.39, 0.29) is 28.5 Å². The molecule has 10 aromatic rings. The molecule has 2 aliphatic carbocycles. The molecule has 0 saturated carbocycles. The van der Waals surface area contributed by atoms with Crippen LogP contribution in [0, 0.1) is 0 Å². The summed E-state index contributed by atoms with van der Waals surface area (Å²) in [4.78, 5) is 2.73. The summed E-state index contributed by atoms with van der Waals surface area (Å²) >= 11 is 0. The van der Waals surface area contributed by atoms with E-state index in [1.54, 1.807) is 0 Å². The minimum Gasteiger partial charge on any atom is -0.456 e. The fourth-order valence-corrected chi connectivity index (χ4v) is 12.9. The Morgan fingerprint density at radius 3 is 1.89 bits per heavy atom. The first-order valence-electron chi connectivity index (χ1n) is 24.0. The number of anilines is 2. The van der Waals surface area contributed by atoms with Crippen LogP contribution < -0.4 is 15.7 Å². The Labute approximate surface area is 387 Å². The quantitative estimate of drug-likeness (QED) is 0.153. The van der Waals surface area contributed by atoms with Gasteiger partial charge in [0.2, 0.25) is 0 Å². The van der Waals surface area contributed by atoms with Gasteiger partial charge in [0.15, 0.2) is 0 Å². The second-order valence-electron chi connectivity index (χ2n) is 23.0. The van der Waals surface area contributed by atoms with Crippen LogP contribution >= 0.6 is 0 Å². The Bertz CT molecular complexity index is 3840. The molecule has 0 bridgehead atoms. The third-order valence-corrected chi connectivity index (χ3v) is 16.5. The fourth-order valence-electron chi connectivity index (χ4n) is 12.9. The minimum atomic E-state index is -0.179. The van der Waals surface area contributed by atoms with Crippen LogP contribution in [-0.4, -0.2) is 11.4 Å². The second kappa shape index (κ2) is 12.2. The van der Waals surface area contributed by atoms with Gasteiger partial charge in [-0.25, -0.2) is 0 Å². The van der Waals surface area contributed by atoms with E-state index in [9.17, 15) is 0 Å². The van der Waals surface area contributed by atoms with Crippen molar-refractivity contribution in [1.29, 1.82) is 0 Å². The molecule has 66 heavy (non-hydrogen) atoms. The predicted molar refractivity (Wildman–Crippen MR) is 280 cm³/mol. The van der Waals surface area contributed by atoms with E-state index in [0.29, 0.717) is 0 Å². The molecular formula is C62H53BN2O. The van der Waals surface area contributed by atoms with Crippen LogP contribution in [0.2, 0.25) is 0 Å². The molecular weight excluding hydrogens is 800 g/mol. The molecule has 0 fully saturated rings. The number of nitrogens with zero attached hydrogens (tertiary/aromatic N) is 2. The number of fused-ring (bicyclic) bond motifs is 17. The predicted octanol–water partition coefficient (Wildman–Crippen LogP) is 15.1. The third-order valence-electron chi connectivity index (χ3n) is 16.5. The van der Waals surface area contributed by atoms with Gasteiger partial charge in [-0.15, -0.1) is 0 Å². The fraction of sp³-hybridized carbons (Fsp3) is 0.226. The molecule has 2 aliphatic heterocycles. The number of furan rings is 1. The first-order valence-corrected chi connectivity index (χ1v) is 24.0. The lowest BCUT2D eigenvalue weighted by atomic mass is 9.43. The molecule has 0 spiro atoms. The number of aromatic nitrogens is 1. The van der Waals surface area contributed by atoms with E-state index in [0.717, 1.165) is 21.9 Å². The Kier molecular flexibility index (Phi) is 7.09. The molecule has 3 nitrogen and oxygen atoms in total. The van der Waals surface area contributed by atoms with Crippen molar-refractivity contribution in [2.75, 3.05) is 4.81 Å². The Balaban J connectivity index is 1.13. The molecule has 4 aliphatic rings. The summed E-state index contributed by atoms with van der Waals surface area (Å²) in [6.45, 7) is 23.6. The number of benzene rings is 8. The zero-order valence-corrected chi connectivity index (χ0v) is 39.7. The van der Waals surface area contributed by atoms with Crippen molar-refractivity contribution in [2.24, 2.45) is 0 Å². The van der Waals surface area contributed by atoms with Gasteiger partial charge in [-0.2, -0.15) is 0 Å². The van der Waals surface area contributed by atoms with Crippen LogP contribution in [0.25, 0.3) is 82.8 Å². The molecule has 0 saturated heterocycles. The number of rotatable bonds is 1. The van der Waals surface area contributed by atoms with E-state index in [4.69, 9.17) is 4.42 Å². The molecule has 4 heteroatoms. The van der Waals surface area contributed by atoms with Gasteiger partial charge in [0.25, 0.3) is 0 Å². The maximum absolute atomic E-state index is 6.62. The molecule has 14 rings (SSSR count). The van der Waals surface area contributed by atoms with Crippen molar-refractivity contribution in [2.45, 2.75) is 90.9 Å². The van der Waals surface area contributed by atoms with Crippen LogP contribution in [0.4, 0.5) is 11.4 Å². The SMILES string of the molecule is CC(C)(C)c1ccc(N2B3c4cc5c(cc4-n4c6cc7c(cc6c6ccc(c3c64)-c3cc4c(cc32)C(C)(C)c2cc(C(C)(C)C)ccc2-4)oc2ccccc27)-c2ccccc2C5(C)C)cc1. The van der Waals surface area contributed by atoms with Gasteiger partial charge in [-0.3, -0.25) is 0 Å².